The molecule has 0 radical (unpaired) electrons. The molecule has 0 aromatic heterocycles. The van der Waals surface area contributed by atoms with Crippen LogP contribution in [0.4, 0.5) is 0 Å². The van der Waals surface area contributed by atoms with Gasteiger partial charge >= 0.3 is 0 Å². The minimum absolute atomic E-state index is 0.124. The molecule has 4 heteroatoms. The predicted molar refractivity (Wildman–Crippen MR) is 76.8 cm³/mol. The second-order valence-corrected chi connectivity index (χ2v) is 5.52. The molecule has 19 heavy (non-hydrogen) atoms. The van der Waals surface area contributed by atoms with E-state index in [9.17, 15) is 9.90 Å². The third-order valence-corrected chi connectivity index (χ3v) is 2.94. The van der Waals surface area contributed by atoms with Crippen LogP contribution in [0, 0.1) is 5.92 Å². The van der Waals surface area contributed by atoms with Crippen LogP contribution in [0.25, 0.3) is 0 Å². The number of carbonyl (C=O) groups excluding carboxylic acids is 1. The number of hydrogen-bond acceptors (Lipinski definition) is 3. The standard InChI is InChI=1S/C15H24N2O2/c1-10(2)8-11(3)17-15(19)14(16)9-12-4-6-13(18)7-5-12/h4-7,10-11,14,18H,8-9,16H2,1-3H3,(H,17,19)/t11?,14-/m1/s1. The Hall–Kier alpha value is -1.55. The van der Waals surface area contributed by atoms with Crippen LogP contribution >= 0.6 is 0 Å². The lowest BCUT2D eigenvalue weighted by atomic mass is 10.0. The average Bonchev–Trinajstić information content (AvgIpc) is 2.30. The number of phenols is 1. The number of benzene rings is 1. The van der Waals surface area contributed by atoms with Crippen LogP contribution < -0.4 is 11.1 Å². The molecule has 1 unspecified atom stereocenters. The van der Waals surface area contributed by atoms with Crippen LogP contribution in [0.3, 0.4) is 0 Å². The summed E-state index contributed by atoms with van der Waals surface area (Å²) in [5.74, 6) is 0.636. The SMILES string of the molecule is CC(C)CC(C)NC(=O)[C@H](N)Cc1ccc(O)cc1. The van der Waals surface area contributed by atoms with Crippen molar-refractivity contribution in [1.29, 1.82) is 0 Å². The summed E-state index contributed by atoms with van der Waals surface area (Å²) in [4.78, 5) is 11.9. The van der Waals surface area contributed by atoms with E-state index in [0.29, 0.717) is 12.3 Å². The van der Waals surface area contributed by atoms with Gasteiger partial charge in [-0.2, -0.15) is 0 Å². The van der Waals surface area contributed by atoms with Crippen molar-refractivity contribution in [3.8, 4) is 5.75 Å². The highest BCUT2D eigenvalue weighted by atomic mass is 16.3. The fourth-order valence-corrected chi connectivity index (χ4v) is 2.09. The molecule has 4 nitrogen and oxygen atoms in total. The van der Waals surface area contributed by atoms with Gasteiger partial charge in [-0.3, -0.25) is 4.79 Å². The molecule has 0 spiro atoms. The topological polar surface area (TPSA) is 75.4 Å². The van der Waals surface area contributed by atoms with Crippen molar-refractivity contribution in [1.82, 2.24) is 5.32 Å². The quantitative estimate of drug-likeness (QED) is 0.733. The smallest absolute Gasteiger partial charge is 0.237 e. The number of amides is 1. The van der Waals surface area contributed by atoms with E-state index in [-0.39, 0.29) is 17.7 Å². The van der Waals surface area contributed by atoms with Gasteiger partial charge in [0.15, 0.2) is 0 Å². The van der Waals surface area contributed by atoms with Gasteiger partial charge in [0.25, 0.3) is 0 Å². The van der Waals surface area contributed by atoms with Gasteiger partial charge in [0.1, 0.15) is 5.75 Å². The third-order valence-electron chi connectivity index (χ3n) is 2.94. The molecule has 0 fully saturated rings. The Morgan fingerprint density at radius 2 is 1.84 bits per heavy atom. The van der Waals surface area contributed by atoms with Crippen molar-refractivity contribution in [3.63, 3.8) is 0 Å². The van der Waals surface area contributed by atoms with Gasteiger partial charge in [0, 0.05) is 6.04 Å². The number of nitrogens with one attached hydrogen (secondary N) is 1. The Morgan fingerprint density at radius 3 is 2.37 bits per heavy atom. The van der Waals surface area contributed by atoms with Crippen molar-refractivity contribution in [2.75, 3.05) is 0 Å². The minimum Gasteiger partial charge on any atom is -0.508 e. The summed E-state index contributed by atoms with van der Waals surface area (Å²) in [7, 11) is 0. The molecule has 1 aromatic rings. The Bertz CT molecular complexity index is 401. The highest BCUT2D eigenvalue weighted by Crippen LogP contribution is 2.11. The molecule has 0 aliphatic carbocycles. The molecule has 1 rings (SSSR count). The zero-order chi connectivity index (χ0) is 14.4. The molecule has 2 atom stereocenters. The summed E-state index contributed by atoms with van der Waals surface area (Å²) in [5, 5.41) is 12.1. The van der Waals surface area contributed by atoms with E-state index in [1.165, 1.54) is 0 Å². The van der Waals surface area contributed by atoms with Crippen LogP contribution in [0.5, 0.6) is 5.75 Å². The maximum Gasteiger partial charge on any atom is 0.237 e. The number of phenolic OH excluding ortho intramolecular Hbond substituents is 1. The summed E-state index contributed by atoms with van der Waals surface area (Å²) in [6.07, 6.45) is 1.41. The number of rotatable bonds is 6. The zero-order valence-electron chi connectivity index (χ0n) is 11.9. The van der Waals surface area contributed by atoms with Gasteiger partial charge in [0.2, 0.25) is 5.91 Å². The minimum atomic E-state index is -0.556. The number of hydrogen-bond donors (Lipinski definition) is 3. The maximum absolute atomic E-state index is 11.9. The summed E-state index contributed by atoms with van der Waals surface area (Å²) < 4.78 is 0. The van der Waals surface area contributed by atoms with E-state index < -0.39 is 6.04 Å². The normalized spacial score (nSPS) is 14.2. The van der Waals surface area contributed by atoms with Crippen molar-refractivity contribution < 1.29 is 9.90 Å². The maximum atomic E-state index is 11.9. The van der Waals surface area contributed by atoms with Crippen molar-refractivity contribution in [3.05, 3.63) is 29.8 Å². The second-order valence-electron chi connectivity index (χ2n) is 5.52. The predicted octanol–water partition coefficient (Wildman–Crippen LogP) is 1.81. The Balaban J connectivity index is 2.46. The van der Waals surface area contributed by atoms with Crippen LogP contribution in [0.1, 0.15) is 32.8 Å². The number of nitrogens with two attached hydrogens (primary N) is 1. The van der Waals surface area contributed by atoms with E-state index in [1.54, 1.807) is 24.3 Å². The van der Waals surface area contributed by atoms with E-state index in [1.807, 2.05) is 6.92 Å². The van der Waals surface area contributed by atoms with Crippen molar-refractivity contribution >= 4 is 5.91 Å². The van der Waals surface area contributed by atoms with Gasteiger partial charge in [0.05, 0.1) is 6.04 Å². The van der Waals surface area contributed by atoms with Crippen molar-refractivity contribution in [2.45, 2.75) is 45.7 Å². The zero-order valence-corrected chi connectivity index (χ0v) is 11.9. The van der Waals surface area contributed by atoms with E-state index in [0.717, 1.165) is 12.0 Å². The molecule has 0 aliphatic rings. The van der Waals surface area contributed by atoms with Crippen LogP contribution in [0.15, 0.2) is 24.3 Å². The largest absolute Gasteiger partial charge is 0.508 e. The van der Waals surface area contributed by atoms with Gasteiger partial charge in [-0.15, -0.1) is 0 Å². The fourth-order valence-electron chi connectivity index (χ4n) is 2.09. The Labute approximate surface area is 115 Å². The lowest BCUT2D eigenvalue weighted by Crippen LogP contribution is -2.45. The molecular formula is C15H24N2O2. The average molecular weight is 264 g/mol. The molecule has 0 saturated heterocycles. The Kier molecular flexibility index (Phi) is 5.83. The lowest BCUT2D eigenvalue weighted by molar-refractivity contribution is -0.123. The summed E-state index contributed by atoms with van der Waals surface area (Å²) in [5.41, 5.74) is 6.83. The van der Waals surface area contributed by atoms with Gasteiger partial charge < -0.3 is 16.2 Å². The molecule has 1 aromatic carbocycles. The van der Waals surface area contributed by atoms with E-state index in [4.69, 9.17) is 5.73 Å². The lowest BCUT2D eigenvalue weighted by Gasteiger charge is -2.19. The molecule has 0 bridgehead atoms. The first-order chi connectivity index (χ1) is 8.88. The van der Waals surface area contributed by atoms with Gasteiger partial charge in [-0.25, -0.2) is 0 Å². The number of carbonyl (C=O) groups is 1. The molecule has 4 N–H and O–H groups in total. The summed E-state index contributed by atoms with van der Waals surface area (Å²) in [6, 6.07) is 6.33. The molecule has 0 heterocycles. The molecule has 106 valence electrons. The molecule has 0 saturated carbocycles. The first-order valence-corrected chi connectivity index (χ1v) is 6.72. The summed E-state index contributed by atoms with van der Waals surface area (Å²) >= 11 is 0. The highest BCUT2D eigenvalue weighted by molar-refractivity contribution is 5.82. The van der Waals surface area contributed by atoms with Crippen LogP contribution in [-0.2, 0) is 11.2 Å². The number of aromatic hydroxyl groups is 1. The first-order valence-electron chi connectivity index (χ1n) is 6.72. The van der Waals surface area contributed by atoms with Crippen LogP contribution in [-0.4, -0.2) is 23.1 Å². The Morgan fingerprint density at radius 1 is 1.26 bits per heavy atom. The van der Waals surface area contributed by atoms with Crippen molar-refractivity contribution in [2.24, 2.45) is 11.7 Å². The van der Waals surface area contributed by atoms with Gasteiger partial charge in [-0.05, 0) is 43.4 Å². The molecule has 1 amide bonds. The third kappa shape index (κ3) is 5.75. The second kappa shape index (κ2) is 7.14. The molecular weight excluding hydrogens is 240 g/mol. The monoisotopic (exact) mass is 264 g/mol. The first kappa shape index (κ1) is 15.5. The van der Waals surface area contributed by atoms with E-state index >= 15 is 0 Å². The van der Waals surface area contributed by atoms with Crippen LogP contribution in [0.2, 0.25) is 0 Å². The van der Waals surface area contributed by atoms with E-state index in [2.05, 4.69) is 19.2 Å². The summed E-state index contributed by atoms with van der Waals surface area (Å²) in [6.45, 7) is 6.24. The highest BCUT2D eigenvalue weighted by Gasteiger charge is 2.16. The fraction of sp³-hybridized carbons (Fsp3) is 0.533. The molecule has 0 aliphatic heterocycles. The van der Waals surface area contributed by atoms with Gasteiger partial charge in [-0.1, -0.05) is 26.0 Å².